The number of methoxy groups -OCH3 is 3. The van der Waals surface area contributed by atoms with Crippen molar-refractivity contribution in [3.8, 4) is 0 Å². The molecule has 7 nitrogen and oxygen atoms in total. The van der Waals surface area contributed by atoms with E-state index in [2.05, 4.69) is 30.2 Å². The maximum atomic E-state index is 4.98. The van der Waals surface area contributed by atoms with Gasteiger partial charge in [-0.2, -0.15) is 0 Å². The molecule has 0 aromatic rings. The SMILES string of the molecule is CCCOC.CCCOCC.CCCOCC.CCOC.CCOCC.CCOCOC. The quantitative estimate of drug-likeness (QED) is 0.218. The van der Waals surface area contributed by atoms with Gasteiger partial charge in [0.1, 0.15) is 6.79 Å². The summed E-state index contributed by atoms with van der Waals surface area (Å²) in [5, 5.41) is 0. The zero-order valence-corrected chi connectivity index (χ0v) is 24.1. The van der Waals surface area contributed by atoms with E-state index in [9.17, 15) is 0 Å². The minimum Gasteiger partial charge on any atom is -0.385 e. The van der Waals surface area contributed by atoms with Gasteiger partial charge in [0.25, 0.3) is 0 Å². The lowest BCUT2D eigenvalue weighted by atomic mass is 10.5. The summed E-state index contributed by atoms with van der Waals surface area (Å²) in [6, 6.07) is 0. The van der Waals surface area contributed by atoms with Gasteiger partial charge in [-0.15, -0.1) is 0 Å². The second-order valence-corrected chi connectivity index (χ2v) is 5.64. The van der Waals surface area contributed by atoms with Crippen LogP contribution in [0.2, 0.25) is 0 Å². The third-order valence-electron chi connectivity index (χ3n) is 2.62. The first kappa shape index (κ1) is 45.3. The van der Waals surface area contributed by atoms with E-state index in [0.29, 0.717) is 6.79 Å². The highest BCUT2D eigenvalue weighted by Gasteiger charge is 1.73. The van der Waals surface area contributed by atoms with Crippen LogP contribution < -0.4 is 0 Å². The van der Waals surface area contributed by atoms with Crippen LogP contribution in [0.5, 0.6) is 0 Å². The third-order valence-corrected chi connectivity index (χ3v) is 2.62. The topological polar surface area (TPSA) is 64.6 Å². The van der Waals surface area contributed by atoms with Crippen LogP contribution in [0.15, 0.2) is 0 Å². The van der Waals surface area contributed by atoms with E-state index in [-0.39, 0.29) is 0 Å². The van der Waals surface area contributed by atoms with E-state index in [1.807, 2.05) is 41.5 Å². The van der Waals surface area contributed by atoms with E-state index >= 15 is 0 Å². The molecule has 7 heteroatoms. The fourth-order valence-electron chi connectivity index (χ4n) is 1.15. The molecule has 0 saturated carbocycles. The van der Waals surface area contributed by atoms with Gasteiger partial charge >= 0.3 is 0 Å². The van der Waals surface area contributed by atoms with Crippen LogP contribution in [0.25, 0.3) is 0 Å². The number of ether oxygens (including phenoxy) is 7. The minimum absolute atomic E-state index is 0.413. The molecule has 0 atom stereocenters. The molecule has 0 aromatic heterocycles. The summed E-state index contributed by atoms with van der Waals surface area (Å²) in [4.78, 5) is 0. The van der Waals surface area contributed by atoms with E-state index in [0.717, 1.165) is 78.7 Å². The van der Waals surface area contributed by atoms with Crippen LogP contribution in [0.1, 0.15) is 81.6 Å². The maximum absolute atomic E-state index is 4.98. The van der Waals surface area contributed by atoms with Gasteiger partial charge in [0.05, 0.1) is 0 Å². The molecule has 0 spiro atoms. The van der Waals surface area contributed by atoms with E-state index in [1.165, 1.54) is 0 Å². The molecular formula is C25H62O7. The smallest absolute Gasteiger partial charge is 0.146 e. The summed E-state index contributed by atoms with van der Waals surface area (Å²) < 4.78 is 33.4. The van der Waals surface area contributed by atoms with E-state index in [4.69, 9.17) is 23.7 Å². The fraction of sp³-hybridized carbons (Fsp3) is 1.00. The van der Waals surface area contributed by atoms with Crippen LogP contribution in [-0.2, 0) is 33.2 Å². The standard InChI is InChI=1S/2C5H12O.C4H10O2.2C4H10O.C3H8O/c2*1-3-5-6-4-2;1-3-6-4-5-2;1-3-4-5-2;1-3-5-4-2;1-3-4-2/h2*3-5H2,1-2H3;3-4H2,1-2H3;2*3-4H2,1-2H3;3H2,1-2H3. The van der Waals surface area contributed by atoms with Gasteiger partial charge < -0.3 is 33.2 Å². The maximum Gasteiger partial charge on any atom is 0.146 e. The van der Waals surface area contributed by atoms with Crippen molar-refractivity contribution in [2.24, 2.45) is 0 Å². The monoisotopic (exact) mass is 474 g/mol. The van der Waals surface area contributed by atoms with Crippen molar-refractivity contribution in [1.82, 2.24) is 0 Å². The molecular weight excluding hydrogens is 412 g/mol. The van der Waals surface area contributed by atoms with Crippen molar-refractivity contribution >= 4 is 0 Å². The Kier molecular flexibility index (Phi) is 98.7. The lowest BCUT2D eigenvalue weighted by Crippen LogP contribution is -1.93. The molecule has 32 heavy (non-hydrogen) atoms. The Morgan fingerprint density at radius 2 is 0.688 bits per heavy atom. The molecule has 0 N–H and O–H groups in total. The molecule has 0 amide bonds. The predicted octanol–water partition coefficient (Wildman–Crippen LogP) is 6.23. The zero-order valence-electron chi connectivity index (χ0n) is 24.1. The number of rotatable bonds is 14. The first-order valence-electron chi connectivity index (χ1n) is 12.3. The Hall–Kier alpha value is -0.280. The molecule has 0 heterocycles. The van der Waals surface area contributed by atoms with Gasteiger partial charge in [-0.3, -0.25) is 0 Å². The van der Waals surface area contributed by atoms with Crippen molar-refractivity contribution in [2.75, 3.05) is 87.6 Å². The Labute approximate surface area is 202 Å². The summed E-state index contributed by atoms with van der Waals surface area (Å²) in [6.07, 6.45) is 3.39. The summed E-state index contributed by atoms with van der Waals surface area (Å²) in [5.41, 5.74) is 0. The number of hydrogen-bond donors (Lipinski definition) is 0. The molecule has 204 valence electrons. The van der Waals surface area contributed by atoms with Crippen molar-refractivity contribution in [3.63, 3.8) is 0 Å². The molecule has 0 fully saturated rings. The lowest BCUT2D eigenvalue weighted by molar-refractivity contribution is -0.0250. The summed E-state index contributed by atoms with van der Waals surface area (Å²) in [5.74, 6) is 0. The van der Waals surface area contributed by atoms with Crippen molar-refractivity contribution in [2.45, 2.75) is 81.6 Å². The van der Waals surface area contributed by atoms with Crippen LogP contribution in [-0.4, -0.2) is 87.6 Å². The fourth-order valence-corrected chi connectivity index (χ4v) is 1.15. The molecule has 0 unspecified atom stereocenters. The molecule has 0 aliphatic rings. The first-order chi connectivity index (χ1) is 15.5. The molecule has 0 aromatic carbocycles. The van der Waals surface area contributed by atoms with Gasteiger partial charge in [0, 0.05) is 80.8 Å². The second kappa shape index (κ2) is 69.8. The molecule has 0 aliphatic carbocycles. The Morgan fingerprint density at radius 1 is 0.344 bits per heavy atom. The van der Waals surface area contributed by atoms with Gasteiger partial charge in [0.15, 0.2) is 0 Å². The molecule has 0 saturated heterocycles. The van der Waals surface area contributed by atoms with Gasteiger partial charge in [-0.05, 0) is 60.8 Å². The second-order valence-electron chi connectivity index (χ2n) is 5.64. The highest BCUT2D eigenvalue weighted by atomic mass is 16.7. The van der Waals surface area contributed by atoms with Gasteiger partial charge in [0.2, 0.25) is 0 Å². The molecule has 0 aliphatic heterocycles. The third kappa shape index (κ3) is 130. The molecule has 0 radical (unpaired) electrons. The van der Waals surface area contributed by atoms with Crippen molar-refractivity contribution < 1.29 is 33.2 Å². The highest BCUT2D eigenvalue weighted by molar-refractivity contribution is 4.20. The average molecular weight is 475 g/mol. The summed E-state index contributed by atoms with van der Waals surface area (Å²) in [6.45, 7) is 26.3. The van der Waals surface area contributed by atoms with Crippen LogP contribution in [0.3, 0.4) is 0 Å². The molecule has 0 bridgehead atoms. The Morgan fingerprint density at radius 3 is 0.750 bits per heavy atom. The van der Waals surface area contributed by atoms with Crippen molar-refractivity contribution in [1.29, 1.82) is 0 Å². The Bertz CT molecular complexity index is 154. The van der Waals surface area contributed by atoms with Crippen LogP contribution in [0.4, 0.5) is 0 Å². The number of hydrogen-bond acceptors (Lipinski definition) is 7. The highest BCUT2D eigenvalue weighted by Crippen LogP contribution is 1.76. The van der Waals surface area contributed by atoms with E-state index < -0.39 is 0 Å². The van der Waals surface area contributed by atoms with Crippen LogP contribution in [0, 0.1) is 0 Å². The lowest BCUT2D eigenvalue weighted by Gasteiger charge is -1.93. The largest absolute Gasteiger partial charge is 0.385 e. The van der Waals surface area contributed by atoms with Gasteiger partial charge in [-0.25, -0.2) is 0 Å². The zero-order chi connectivity index (χ0) is 26.1. The van der Waals surface area contributed by atoms with Crippen molar-refractivity contribution in [3.05, 3.63) is 0 Å². The molecule has 0 rings (SSSR count). The predicted molar refractivity (Wildman–Crippen MR) is 139 cm³/mol. The van der Waals surface area contributed by atoms with Crippen LogP contribution >= 0.6 is 0 Å². The first-order valence-corrected chi connectivity index (χ1v) is 12.3. The minimum atomic E-state index is 0.413. The Balaban J connectivity index is -0.0000000637. The average Bonchev–Trinajstić information content (AvgIpc) is 2.83. The summed E-state index contributed by atoms with van der Waals surface area (Å²) in [7, 11) is 5.00. The summed E-state index contributed by atoms with van der Waals surface area (Å²) >= 11 is 0. The van der Waals surface area contributed by atoms with E-state index in [1.54, 1.807) is 21.3 Å². The van der Waals surface area contributed by atoms with Gasteiger partial charge in [-0.1, -0.05) is 20.8 Å². The normalized spacial score (nSPS) is 8.62.